The molecule has 4 heterocycles. The van der Waals surface area contributed by atoms with E-state index in [0.717, 1.165) is 12.0 Å². The molecule has 13 nitrogen and oxygen atoms in total. The van der Waals surface area contributed by atoms with Crippen molar-refractivity contribution in [3.63, 3.8) is 0 Å². The van der Waals surface area contributed by atoms with Gasteiger partial charge in [-0.15, -0.1) is 0 Å². The number of nitrogens with two attached hydrogens (primary N) is 2. The Morgan fingerprint density at radius 1 is 1.26 bits per heavy atom. The number of aliphatic imine (C=N–C) groups is 2. The fraction of sp³-hybridized carbons (Fsp3) is 0.600. The minimum Gasteiger partial charge on any atom is -0.492 e. The molecule has 0 bridgehead atoms. The van der Waals surface area contributed by atoms with E-state index in [-0.39, 0.29) is 36.3 Å². The second kappa shape index (κ2) is 9.02. The second-order valence-electron chi connectivity index (χ2n) is 11.0. The summed E-state index contributed by atoms with van der Waals surface area (Å²) in [5, 5.41) is 31.7. The Morgan fingerprint density at radius 2 is 2.03 bits per heavy atom. The van der Waals surface area contributed by atoms with Crippen LogP contribution in [0.2, 0.25) is 0 Å². The minimum atomic E-state index is -2.57. The summed E-state index contributed by atoms with van der Waals surface area (Å²) in [5.74, 6) is -2.77. The maximum Gasteiger partial charge on any atom is 0.255 e. The van der Waals surface area contributed by atoms with Crippen molar-refractivity contribution in [2.45, 2.75) is 75.0 Å². The van der Waals surface area contributed by atoms with Crippen LogP contribution in [0.15, 0.2) is 28.2 Å². The molecular formula is C25H36N8O5. The highest BCUT2D eigenvalue weighted by molar-refractivity contribution is 5.98. The molecule has 206 valence electrons. The first-order valence-electron chi connectivity index (χ1n) is 12.9. The van der Waals surface area contributed by atoms with Gasteiger partial charge in [0.05, 0.1) is 18.2 Å². The number of carbonyl (C=O) groups is 2. The van der Waals surface area contributed by atoms with Gasteiger partial charge in [-0.25, -0.2) is 9.98 Å². The van der Waals surface area contributed by atoms with Gasteiger partial charge in [0.1, 0.15) is 17.8 Å². The molecule has 1 saturated heterocycles. The van der Waals surface area contributed by atoms with Crippen LogP contribution in [0.5, 0.6) is 5.75 Å². The molecule has 0 aliphatic carbocycles. The Balaban J connectivity index is 1.43. The maximum absolute atomic E-state index is 13.5. The van der Waals surface area contributed by atoms with Crippen LogP contribution in [0, 0.1) is 0 Å². The molecule has 13 heteroatoms. The number of nitrogens with one attached hydrogen (secondary N) is 3. The van der Waals surface area contributed by atoms with Gasteiger partial charge in [0.25, 0.3) is 5.91 Å². The van der Waals surface area contributed by atoms with Gasteiger partial charge in [-0.05, 0) is 24.3 Å². The van der Waals surface area contributed by atoms with E-state index in [1.807, 2.05) is 13.0 Å². The SMILES string of the molecule is CCCC(=O)NC[C@@H]1N=C(N)N2C[C@H](NC(=O)c3cccc4c3OCCC4(C)C)C(O)(O)[C@@]23NC(N)=N[C@@H]13. The number of para-hydroxylation sites is 1. The third-order valence-electron chi connectivity index (χ3n) is 8.05. The van der Waals surface area contributed by atoms with E-state index >= 15 is 0 Å². The van der Waals surface area contributed by atoms with Gasteiger partial charge in [0.15, 0.2) is 17.6 Å². The second-order valence-corrected chi connectivity index (χ2v) is 11.0. The van der Waals surface area contributed by atoms with E-state index in [1.54, 1.807) is 12.1 Å². The molecular weight excluding hydrogens is 492 g/mol. The first-order valence-corrected chi connectivity index (χ1v) is 12.9. The van der Waals surface area contributed by atoms with Crippen molar-refractivity contribution < 1.29 is 24.5 Å². The molecule has 9 N–H and O–H groups in total. The summed E-state index contributed by atoms with van der Waals surface area (Å²) in [7, 11) is 0. The van der Waals surface area contributed by atoms with Crippen LogP contribution in [0.3, 0.4) is 0 Å². The normalized spacial score (nSPS) is 30.0. The number of fused-ring (bicyclic) bond motifs is 1. The minimum absolute atomic E-state index is 0.0137. The number of benzene rings is 1. The summed E-state index contributed by atoms with van der Waals surface area (Å²) in [6.07, 6.45) is 1.84. The predicted octanol–water partition coefficient (Wildman–Crippen LogP) is -1.56. The lowest BCUT2D eigenvalue weighted by molar-refractivity contribution is -0.230. The summed E-state index contributed by atoms with van der Waals surface area (Å²) >= 11 is 0. The fourth-order valence-electron chi connectivity index (χ4n) is 5.97. The molecule has 1 spiro atoms. The lowest BCUT2D eigenvalue weighted by atomic mass is 9.79. The topological polar surface area (TPSA) is 200 Å². The van der Waals surface area contributed by atoms with Crippen molar-refractivity contribution >= 4 is 23.7 Å². The van der Waals surface area contributed by atoms with E-state index in [2.05, 4.69) is 39.8 Å². The lowest BCUT2D eigenvalue weighted by Crippen LogP contribution is -2.78. The molecule has 4 atom stereocenters. The molecule has 0 unspecified atom stereocenters. The number of carbonyl (C=O) groups excluding carboxylic acids is 2. The Kier molecular flexibility index (Phi) is 6.18. The molecule has 0 aromatic heterocycles. The molecule has 1 aromatic carbocycles. The van der Waals surface area contributed by atoms with Crippen molar-refractivity contribution in [1.82, 2.24) is 20.9 Å². The molecule has 1 aromatic rings. The molecule has 1 fully saturated rings. The smallest absolute Gasteiger partial charge is 0.255 e. The number of hydrogen-bond acceptors (Lipinski definition) is 11. The monoisotopic (exact) mass is 528 g/mol. The van der Waals surface area contributed by atoms with Crippen molar-refractivity contribution in [2.75, 3.05) is 19.7 Å². The third-order valence-corrected chi connectivity index (χ3v) is 8.05. The predicted molar refractivity (Wildman–Crippen MR) is 139 cm³/mol. The number of guanidine groups is 2. The van der Waals surface area contributed by atoms with E-state index < -0.39 is 35.5 Å². The van der Waals surface area contributed by atoms with Gasteiger partial charge in [-0.1, -0.05) is 32.9 Å². The quantitative estimate of drug-likeness (QED) is 0.213. The molecule has 38 heavy (non-hydrogen) atoms. The summed E-state index contributed by atoms with van der Waals surface area (Å²) in [6.45, 7) is 6.56. The summed E-state index contributed by atoms with van der Waals surface area (Å²) in [4.78, 5) is 36.0. The van der Waals surface area contributed by atoms with Crippen LogP contribution >= 0.6 is 0 Å². The number of amides is 2. The standard InChI is InChI=1S/C25H36N8O5/c1-4-6-17(34)28-11-15-19-24(32-21(26)31-19)25(36,37)16(12-33(24)22(27)29-15)30-20(35)13-7-5-8-14-18(13)38-10-9-23(14,2)3/h5,7-8,15-16,19,36-37H,4,6,9-12H2,1-3H3,(H2,27,29)(H,28,34)(H,30,35)(H3,26,31,32)/t15-,16-,19-,24-/m0/s1. The highest BCUT2D eigenvalue weighted by Gasteiger charge is 2.73. The van der Waals surface area contributed by atoms with E-state index in [9.17, 15) is 19.8 Å². The number of rotatable bonds is 6. The Labute approximate surface area is 220 Å². The number of hydrogen-bond donors (Lipinski definition) is 7. The molecule has 2 amide bonds. The van der Waals surface area contributed by atoms with Gasteiger partial charge in [-0.2, -0.15) is 0 Å². The lowest BCUT2D eigenvalue weighted by Gasteiger charge is -2.49. The van der Waals surface area contributed by atoms with E-state index in [0.29, 0.717) is 30.8 Å². The Morgan fingerprint density at radius 3 is 2.76 bits per heavy atom. The van der Waals surface area contributed by atoms with Crippen molar-refractivity contribution in [3.05, 3.63) is 29.3 Å². The van der Waals surface area contributed by atoms with Gasteiger partial charge in [-0.3, -0.25) is 9.59 Å². The zero-order valence-electron chi connectivity index (χ0n) is 21.8. The van der Waals surface area contributed by atoms with Crippen LogP contribution in [0.1, 0.15) is 56.0 Å². The molecule has 5 rings (SSSR count). The van der Waals surface area contributed by atoms with Crippen molar-refractivity contribution in [2.24, 2.45) is 21.5 Å². The third kappa shape index (κ3) is 3.83. The van der Waals surface area contributed by atoms with Crippen LogP contribution < -0.4 is 32.2 Å². The average molecular weight is 529 g/mol. The molecule has 0 saturated carbocycles. The average Bonchev–Trinajstić information content (AvgIpc) is 3.32. The van der Waals surface area contributed by atoms with Gasteiger partial charge in [0, 0.05) is 25.1 Å². The number of nitrogens with zero attached hydrogens (tertiary/aromatic N) is 3. The van der Waals surface area contributed by atoms with Crippen LogP contribution in [-0.2, 0) is 10.2 Å². The Hall–Kier alpha value is -3.58. The van der Waals surface area contributed by atoms with Crippen molar-refractivity contribution in [1.29, 1.82) is 0 Å². The van der Waals surface area contributed by atoms with Crippen LogP contribution in [0.4, 0.5) is 0 Å². The van der Waals surface area contributed by atoms with Gasteiger partial charge in [0.2, 0.25) is 11.7 Å². The number of ether oxygens (including phenoxy) is 1. The zero-order chi connectivity index (χ0) is 27.5. The molecule has 4 aliphatic rings. The summed E-state index contributed by atoms with van der Waals surface area (Å²) < 4.78 is 5.88. The van der Waals surface area contributed by atoms with E-state index in [1.165, 1.54) is 4.90 Å². The fourth-order valence-corrected chi connectivity index (χ4v) is 5.97. The molecule has 4 aliphatic heterocycles. The highest BCUT2D eigenvalue weighted by atomic mass is 16.5. The van der Waals surface area contributed by atoms with Crippen molar-refractivity contribution in [3.8, 4) is 5.75 Å². The van der Waals surface area contributed by atoms with Gasteiger partial charge >= 0.3 is 0 Å². The molecule has 0 radical (unpaired) electrons. The summed E-state index contributed by atoms with van der Waals surface area (Å²) in [6, 6.07) is 2.56. The first-order chi connectivity index (χ1) is 17.9. The zero-order valence-corrected chi connectivity index (χ0v) is 21.8. The summed E-state index contributed by atoms with van der Waals surface area (Å²) in [5.41, 5.74) is 11.7. The van der Waals surface area contributed by atoms with Gasteiger partial charge < -0.3 is 47.3 Å². The van der Waals surface area contributed by atoms with E-state index in [4.69, 9.17) is 16.2 Å². The van der Waals surface area contributed by atoms with Crippen LogP contribution in [0.25, 0.3) is 0 Å². The Bertz CT molecular complexity index is 1210. The number of aliphatic hydroxyl groups is 2. The van der Waals surface area contributed by atoms with Crippen LogP contribution in [-0.4, -0.2) is 88.1 Å². The maximum atomic E-state index is 13.5. The highest BCUT2D eigenvalue weighted by Crippen LogP contribution is 2.45. The first kappa shape index (κ1) is 26.0. The largest absolute Gasteiger partial charge is 0.492 e.